The predicted octanol–water partition coefficient (Wildman–Crippen LogP) is 1.57. The van der Waals surface area contributed by atoms with Gasteiger partial charge in [0.25, 0.3) is 5.56 Å². The van der Waals surface area contributed by atoms with E-state index in [2.05, 4.69) is 31.2 Å². The zero-order valence-electron chi connectivity index (χ0n) is 8.36. The molecule has 0 aliphatic carbocycles. The highest BCUT2D eigenvalue weighted by atomic mass is 79.9. The van der Waals surface area contributed by atoms with Crippen molar-refractivity contribution in [2.45, 2.75) is 0 Å². The van der Waals surface area contributed by atoms with Gasteiger partial charge in [-0.25, -0.2) is 4.68 Å². The number of aromatic amines is 1. The summed E-state index contributed by atoms with van der Waals surface area (Å²) in [5, 5.41) is 8.71. The number of halogens is 1. The van der Waals surface area contributed by atoms with Crippen LogP contribution in [-0.2, 0) is 7.05 Å². The van der Waals surface area contributed by atoms with E-state index in [0.29, 0.717) is 11.0 Å². The fraction of sp³-hybridized carbons (Fsp3) is 0.100. The molecule has 0 aliphatic heterocycles. The van der Waals surface area contributed by atoms with Crippen LogP contribution in [0.2, 0.25) is 0 Å². The molecule has 5 nitrogen and oxygen atoms in total. The van der Waals surface area contributed by atoms with E-state index in [1.165, 1.54) is 4.68 Å². The Morgan fingerprint density at radius 3 is 3.06 bits per heavy atom. The highest BCUT2D eigenvalue weighted by Crippen LogP contribution is 2.24. The highest BCUT2D eigenvalue weighted by molar-refractivity contribution is 9.10. The average Bonchev–Trinajstić information content (AvgIpc) is 2.62. The zero-order chi connectivity index (χ0) is 11.3. The molecule has 0 unspecified atom stereocenters. The molecule has 16 heavy (non-hydrogen) atoms. The number of hydrogen-bond donors (Lipinski definition) is 1. The molecule has 0 amide bonds. The van der Waals surface area contributed by atoms with Crippen LogP contribution in [-0.4, -0.2) is 20.0 Å². The summed E-state index contributed by atoms with van der Waals surface area (Å²) < 4.78 is 2.16. The van der Waals surface area contributed by atoms with Crippen LogP contribution in [0.5, 0.6) is 0 Å². The van der Waals surface area contributed by atoms with Crippen molar-refractivity contribution in [3.05, 3.63) is 33.0 Å². The Morgan fingerprint density at radius 2 is 2.25 bits per heavy atom. The van der Waals surface area contributed by atoms with Crippen LogP contribution in [0.4, 0.5) is 0 Å². The van der Waals surface area contributed by atoms with Crippen molar-refractivity contribution in [1.29, 1.82) is 0 Å². The molecular formula is C10H7BrN4O. The number of nitrogens with one attached hydrogen (secondary N) is 1. The standard InChI is InChI=1S/C10H7BrN4O/c1-15-10(16)9-8(13-14-15)6-4-5(11)2-3-7(6)12-9/h2-4,12H,1H3. The topological polar surface area (TPSA) is 63.6 Å². The number of nitrogens with zero attached hydrogens (tertiary/aromatic N) is 3. The quantitative estimate of drug-likeness (QED) is 0.679. The van der Waals surface area contributed by atoms with Gasteiger partial charge in [-0.15, -0.1) is 5.10 Å². The van der Waals surface area contributed by atoms with Crippen LogP contribution in [0.3, 0.4) is 0 Å². The van der Waals surface area contributed by atoms with E-state index in [-0.39, 0.29) is 5.56 Å². The molecule has 6 heteroatoms. The van der Waals surface area contributed by atoms with Crippen LogP contribution in [0.15, 0.2) is 27.5 Å². The largest absolute Gasteiger partial charge is 0.349 e. The van der Waals surface area contributed by atoms with Crippen LogP contribution < -0.4 is 5.56 Å². The smallest absolute Gasteiger partial charge is 0.293 e. The maximum Gasteiger partial charge on any atom is 0.293 e. The maximum absolute atomic E-state index is 11.8. The summed E-state index contributed by atoms with van der Waals surface area (Å²) in [6.07, 6.45) is 0. The molecule has 0 fully saturated rings. The Morgan fingerprint density at radius 1 is 1.44 bits per heavy atom. The van der Waals surface area contributed by atoms with Gasteiger partial charge in [-0.1, -0.05) is 21.1 Å². The van der Waals surface area contributed by atoms with Gasteiger partial charge in [-0.3, -0.25) is 4.79 Å². The van der Waals surface area contributed by atoms with E-state index in [4.69, 9.17) is 0 Å². The third-order valence-corrected chi connectivity index (χ3v) is 3.01. The molecule has 0 aliphatic rings. The highest BCUT2D eigenvalue weighted by Gasteiger charge is 2.10. The van der Waals surface area contributed by atoms with Crippen LogP contribution in [0, 0.1) is 0 Å². The molecule has 0 saturated heterocycles. The summed E-state index contributed by atoms with van der Waals surface area (Å²) in [5.41, 5.74) is 1.82. The first-order chi connectivity index (χ1) is 7.66. The monoisotopic (exact) mass is 278 g/mol. The maximum atomic E-state index is 11.8. The zero-order valence-corrected chi connectivity index (χ0v) is 9.95. The Labute approximate surface area is 98.2 Å². The van der Waals surface area contributed by atoms with E-state index >= 15 is 0 Å². The molecule has 0 saturated carbocycles. The van der Waals surface area contributed by atoms with Crippen LogP contribution in [0.1, 0.15) is 0 Å². The lowest BCUT2D eigenvalue weighted by Crippen LogP contribution is -2.20. The van der Waals surface area contributed by atoms with Gasteiger partial charge in [0.1, 0.15) is 11.0 Å². The number of fused-ring (bicyclic) bond motifs is 3. The van der Waals surface area contributed by atoms with E-state index < -0.39 is 0 Å². The molecule has 80 valence electrons. The minimum absolute atomic E-state index is 0.169. The first kappa shape index (κ1) is 9.53. The number of benzene rings is 1. The van der Waals surface area contributed by atoms with Crippen molar-refractivity contribution in [3.63, 3.8) is 0 Å². The molecule has 2 aromatic heterocycles. The first-order valence-corrected chi connectivity index (χ1v) is 5.47. The second-order valence-electron chi connectivity index (χ2n) is 3.56. The normalized spacial score (nSPS) is 11.4. The lowest BCUT2D eigenvalue weighted by atomic mass is 10.2. The molecule has 0 bridgehead atoms. The van der Waals surface area contributed by atoms with Crippen molar-refractivity contribution >= 4 is 37.9 Å². The Hall–Kier alpha value is -1.69. The molecule has 3 aromatic rings. The van der Waals surface area contributed by atoms with E-state index in [9.17, 15) is 4.79 Å². The molecule has 2 heterocycles. The molecule has 0 radical (unpaired) electrons. The predicted molar refractivity (Wildman–Crippen MR) is 64.3 cm³/mol. The average molecular weight is 279 g/mol. The summed E-state index contributed by atoms with van der Waals surface area (Å²) in [4.78, 5) is 14.9. The van der Waals surface area contributed by atoms with Crippen molar-refractivity contribution in [2.75, 3.05) is 0 Å². The lowest BCUT2D eigenvalue weighted by Gasteiger charge is -1.93. The minimum atomic E-state index is -0.169. The second-order valence-corrected chi connectivity index (χ2v) is 4.47. The van der Waals surface area contributed by atoms with Crippen molar-refractivity contribution in [3.8, 4) is 0 Å². The van der Waals surface area contributed by atoms with E-state index in [1.807, 2.05) is 18.2 Å². The lowest BCUT2D eigenvalue weighted by molar-refractivity contribution is 0.656. The molecule has 1 N–H and O–H groups in total. The van der Waals surface area contributed by atoms with Crippen molar-refractivity contribution in [1.82, 2.24) is 20.0 Å². The molecule has 0 spiro atoms. The van der Waals surface area contributed by atoms with E-state index in [1.54, 1.807) is 7.05 Å². The van der Waals surface area contributed by atoms with Gasteiger partial charge < -0.3 is 4.98 Å². The van der Waals surface area contributed by atoms with Gasteiger partial charge in [0.05, 0.1) is 0 Å². The van der Waals surface area contributed by atoms with Crippen LogP contribution >= 0.6 is 15.9 Å². The third kappa shape index (κ3) is 1.19. The number of aromatic nitrogens is 4. The fourth-order valence-electron chi connectivity index (χ4n) is 1.72. The number of H-pyrrole nitrogens is 1. The first-order valence-electron chi connectivity index (χ1n) is 4.68. The van der Waals surface area contributed by atoms with Crippen molar-refractivity contribution in [2.24, 2.45) is 7.05 Å². The molecule has 3 rings (SSSR count). The Kier molecular flexibility index (Phi) is 1.88. The fourth-order valence-corrected chi connectivity index (χ4v) is 2.08. The number of rotatable bonds is 0. The Balaban J connectivity index is 2.61. The summed E-state index contributed by atoms with van der Waals surface area (Å²) >= 11 is 3.39. The third-order valence-electron chi connectivity index (χ3n) is 2.52. The summed E-state index contributed by atoms with van der Waals surface area (Å²) in [5.74, 6) is 0. The molecule has 1 aromatic carbocycles. The summed E-state index contributed by atoms with van der Waals surface area (Å²) in [6, 6.07) is 5.73. The minimum Gasteiger partial charge on any atom is -0.349 e. The summed E-state index contributed by atoms with van der Waals surface area (Å²) in [7, 11) is 1.58. The van der Waals surface area contributed by atoms with Crippen LogP contribution in [0.25, 0.3) is 21.9 Å². The molecular weight excluding hydrogens is 272 g/mol. The second kappa shape index (κ2) is 3.15. The number of aryl methyl sites for hydroxylation is 1. The van der Waals surface area contributed by atoms with Gasteiger partial charge >= 0.3 is 0 Å². The number of hydrogen-bond acceptors (Lipinski definition) is 3. The van der Waals surface area contributed by atoms with Gasteiger partial charge in [-0.2, -0.15) is 0 Å². The Bertz CT molecular complexity index is 758. The van der Waals surface area contributed by atoms with Gasteiger partial charge in [0, 0.05) is 22.4 Å². The van der Waals surface area contributed by atoms with Crippen molar-refractivity contribution < 1.29 is 0 Å². The SMILES string of the molecule is Cn1nnc2c([nH]c3ccc(Br)cc32)c1=O. The van der Waals surface area contributed by atoms with Gasteiger partial charge in [0.15, 0.2) is 0 Å². The van der Waals surface area contributed by atoms with Gasteiger partial charge in [0.2, 0.25) is 0 Å². The van der Waals surface area contributed by atoms with Gasteiger partial charge in [-0.05, 0) is 18.2 Å². The molecule has 0 atom stereocenters. The summed E-state index contributed by atoms with van der Waals surface area (Å²) in [6.45, 7) is 0. The van der Waals surface area contributed by atoms with E-state index in [0.717, 1.165) is 15.4 Å².